The van der Waals surface area contributed by atoms with Crippen molar-refractivity contribution < 1.29 is 4.79 Å². The highest BCUT2D eigenvalue weighted by atomic mass is 35.5. The van der Waals surface area contributed by atoms with E-state index in [2.05, 4.69) is 17.0 Å². The largest absolute Gasteiger partial charge is 0.368 e. The summed E-state index contributed by atoms with van der Waals surface area (Å²) in [5, 5.41) is 0.656. The number of hydrogen-bond donors (Lipinski definition) is 2. The van der Waals surface area contributed by atoms with Gasteiger partial charge in [-0.25, -0.2) is 0 Å². The summed E-state index contributed by atoms with van der Waals surface area (Å²) in [7, 11) is 0. The molecule has 4 nitrogen and oxygen atoms in total. The van der Waals surface area contributed by atoms with Gasteiger partial charge in [0.1, 0.15) is 5.54 Å². The summed E-state index contributed by atoms with van der Waals surface area (Å²) in [4.78, 5) is 14.8. The monoisotopic (exact) mass is 355 g/mol. The van der Waals surface area contributed by atoms with Gasteiger partial charge in [-0.2, -0.15) is 0 Å². The molecule has 1 fully saturated rings. The third-order valence-electron chi connectivity index (χ3n) is 5.91. The lowest BCUT2D eigenvalue weighted by atomic mass is 9.60. The topological polar surface area (TPSA) is 72.4 Å². The number of amides is 1. The van der Waals surface area contributed by atoms with E-state index in [9.17, 15) is 4.79 Å². The molecule has 2 aromatic carbocycles. The number of para-hydroxylation sites is 1. The molecule has 1 amide bonds. The smallest absolute Gasteiger partial charge is 0.243 e. The molecule has 1 saturated carbocycles. The fraction of sp³-hybridized carbons (Fsp3) is 0.350. The molecule has 0 aromatic heterocycles. The highest BCUT2D eigenvalue weighted by molar-refractivity contribution is 6.30. The number of hydrogen-bond acceptors (Lipinski definition) is 3. The number of carbonyl (C=O) groups excluding carboxylic acids is 1. The molecule has 0 bridgehead atoms. The predicted molar refractivity (Wildman–Crippen MR) is 101 cm³/mol. The zero-order chi connectivity index (χ0) is 17.6. The zero-order valence-corrected chi connectivity index (χ0v) is 14.7. The van der Waals surface area contributed by atoms with E-state index < -0.39 is 5.54 Å². The Balaban J connectivity index is 1.72. The third kappa shape index (κ3) is 2.43. The third-order valence-corrected chi connectivity index (χ3v) is 6.15. The van der Waals surface area contributed by atoms with Gasteiger partial charge in [-0.3, -0.25) is 4.79 Å². The first-order valence-corrected chi connectivity index (χ1v) is 9.08. The first-order chi connectivity index (χ1) is 12.0. The van der Waals surface area contributed by atoms with Crippen LogP contribution in [0.2, 0.25) is 5.02 Å². The second-order valence-electron chi connectivity index (χ2n) is 7.04. The Morgan fingerprint density at radius 1 is 1.24 bits per heavy atom. The molecule has 130 valence electrons. The number of nitrogens with zero attached hydrogens (tertiary/aromatic N) is 1. The molecule has 2 aliphatic rings. The summed E-state index contributed by atoms with van der Waals surface area (Å²) in [6.07, 6.45) is 2.56. The van der Waals surface area contributed by atoms with Crippen molar-refractivity contribution in [3.63, 3.8) is 0 Å². The molecule has 3 unspecified atom stereocenters. The van der Waals surface area contributed by atoms with Crippen LogP contribution >= 0.6 is 11.6 Å². The second kappa shape index (κ2) is 6.04. The first kappa shape index (κ1) is 16.4. The standard InChI is InChI=1S/C20H22ClN3O/c21-15-6-3-5-14(12-15)18(22)16-8-10-20(16,19(23)25)24-11-9-13-4-1-2-7-17(13)24/h1-7,12,16,18H,8-11,22H2,(H2,23,25). The van der Waals surface area contributed by atoms with Gasteiger partial charge in [0.05, 0.1) is 0 Å². The minimum atomic E-state index is -0.714. The van der Waals surface area contributed by atoms with Crippen LogP contribution in [-0.2, 0) is 11.2 Å². The van der Waals surface area contributed by atoms with Gasteiger partial charge in [0, 0.05) is 29.2 Å². The fourth-order valence-corrected chi connectivity index (χ4v) is 4.73. The van der Waals surface area contributed by atoms with Gasteiger partial charge in [0.25, 0.3) is 0 Å². The van der Waals surface area contributed by atoms with Gasteiger partial charge in [-0.1, -0.05) is 41.9 Å². The van der Waals surface area contributed by atoms with E-state index in [-0.39, 0.29) is 17.9 Å². The molecular weight excluding hydrogens is 334 g/mol. The average molecular weight is 356 g/mol. The molecule has 0 spiro atoms. The molecule has 1 aliphatic carbocycles. The lowest BCUT2D eigenvalue weighted by Gasteiger charge is -2.55. The molecule has 0 saturated heterocycles. The van der Waals surface area contributed by atoms with Crippen LogP contribution in [0.3, 0.4) is 0 Å². The lowest BCUT2D eigenvalue weighted by molar-refractivity contribution is -0.130. The SMILES string of the molecule is NC(=O)C1(N2CCc3ccccc32)CCC1C(N)c1cccc(Cl)c1. The molecule has 1 heterocycles. The lowest BCUT2D eigenvalue weighted by Crippen LogP contribution is -2.69. The number of rotatable bonds is 4. The van der Waals surface area contributed by atoms with E-state index in [1.54, 1.807) is 0 Å². The van der Waals surface area contributed by atoms with Gasteiger partial charge in [-0.15, -0.1) is 0 Å². The van der Waals surface area contributed by atoms with E-state index in [1.165, 1.54) is 5.56 Å². The number of nitrogens with two attached hydrogens (primary N) is 2. The van der Waals surface area contributed by atoms with E-state index in [0.29, 0.717) is 5.02 Å². The molecule has 3 atom stereocenters. The van der Waals surface area contributed by atoms with Crippen molar-refractivity contribution in [2.45, 2.75) is 30.8 Å². The number of carbonyl (C=O) groups is 1. The molecule has 5 heteroatoms. The Bertz CT molecular complexity index is 824. The van der Waals surface area contributed by atoms with Crippen LogP contribution in [0, 0.1) is 5.92 Å². The maximum atomic E-state index is 12.6. The summed E-state index contributed by atoms with van der Waals surface area (Å²) < 4.78 is 0. The molecule has 2 aromatic rings. The van der Waals surface area contributed by atoms with Crippen LogP contribution in [0.4, 0.5) is 5.69 Å². The molecular formula is C20H22ClN3O. The first-order valence-electron chi connectivity index (χ1n) is 8.70. The fourth-order valence-electron chi connectivity index (χ4n) is 4.53. The summed E-state index contributed by atoms with van der Waals surface area (Å²) in [6.45, 7) is 0.807. The Morgan fingerprint density at radius 3 is 2.72 bits per heavy atom. The number of halogens is 1. The van der Waals surface area contributed by atoms with Crippen LogP contribution in [0.1, 0.15) is 30.0 Å². The summed E-state index contributed by atoms with van der Waals surface area (Å²) in [6, 6.07) is 15.6. The zero-order valence-electron chi connectivity index (χ0n) is 14.0. The summed E-state index contributed by atoms with van der Waals surface area (Å²) in [5.74, 6) is -0.299. The van der Waals surface area contributed by atoms with Gasteiger partial charge < -0.3 is 16.4 Å². The quantitative estimate of drug-likeness (QED) is 0.885. The molecule has 4 N–H and O–H groups in total. The van der Waals surface area contributed by atoms with Crippen molar-refractivity contribution in [3.05, 3.63) is 64.7 Å². The summed E-state index contributed by atoms with van der Waals surface area (Å²) in [5.41, 5.74) is 15.1. The van der Waals surface area contributed by atoms with Crippen molar-refractivity contribution in [3.8, 4) is 0 Å². The van der Waals surface area contributed by atoms with E-state index in [0.717, 1.165) is 37.1 Å². The Hall–Kier alpha value is -2.04. The average Bonchev–Trinajstić information content (AvgIpc) is 2.98. The normalized spacial score (nSPS) is 26.0. The van der Waals surface area contributed by atoms with E-state index in [4.69, 9.17) is 23.1 Å². The molecule has 1 aliphatic heterocycles. The van der Waals surface area contributed by atoms with Crippen molar-refractivity contribution in [2.24, 2.45) is 17.4 Å². The van der Waals surface area contributed by atoms with Crippen LogP contribution in [0.15, 0.2) is 48.5 Å². The number of primary amides is 1. The van der Waals surface area contributed by atoms with Crippen LogP contribution in [0.25, 0.3) is 0 Å². The van der Waals surface area contributed by atoms with Crippen LogP contribution in [0.5, 0.6) is 0 Å². The molecule has 25 heavy (non-hydrogen) atoms. The van der Waals surface area contributed by atoms with Gasteiger partial charge >= 0.3 is 0 Å². The second-order valence-corrected chi connectivity index (χ2v) is 7.48. The molecule has 4 rings (SSSR count). The summed E-state index contributed by atoms with van der Waals surface area (Å²) >= 11 is 6.12. The Labute approximate surface area is 152 Å². The van der Waals surface area contributed by atoms with Crippen molar-refractivity contribution >= 4 is 23.2 Å². The number of benzene rings is 2. The number of anilines is 1. The van der Waals surface area contributed by atoms with Gasteiger partial charge in [0.15, 0.2) is 0 Å². The van der Waals surface area contributed by atoms with Crippen LogP contribution in [-0.4, -0.2) is 18.0 Å². The highest BCUT2D eigenvalue weighted by Gasteiger charge is 2.58. The van der Waals surface area contributed by atoms with Crippen molar-refractivity contribution in [2.75, 3.05) is 11.4 Å². The maximum Gasteiger partial charge on any atom is 0.243 e. The van der Waals surface area contributed by atoms with E-state index >= 15 is 0 Å². The van der Waals surface area contributed by atoms with Gasteiger partial charge in [0.2, 0.25) is 5.91 Å². The predicted octanol–water partition coefficient (Wildman–Crippen LogP) is 3.04. The minimum Gasteiger partial charge on any atom is -0.368 e. The van der Waals surface area contributed by atoms with Crippen molar-refractivity contribution in [1.82, 2.24) is 0 Å². The van der Waals surface area contributed by atoms with E-state index in [1.807, 2.05) is 36.4 Å². The Kier molecular flexibility index (Phi) is 3.97. The number of fused-ring (bicyclic) bond motifs is 1. The van der Waals surface area contributed by atoms with Crippen LogP contribution < -0.4 is 16.4 Å². The molecule has 0 radical (unpaired) electrons. The maximum absolute atomic E-state index is 12.6. The Morgan fingerprint density at radius 2 is 2.04 bits per heavy atom. The van der Waals surface area contributed by atoms with Crippen molar-refractivity contribution in [1.29, 1.82) is 0 Å². The minimum absolute atomic E-state index is 0.0189. The van der Waals surface area contributed by atoms with Gasteiger partial charge in [-0.05, 0) is 48.6 Å². The highest BCUT2D eigenvalue weighted by Crippen LogP contribution is 2.52.